The number of carbonyl (C=O) groups is 2. The Morgan fingerprint density at radius 1 is 1.04 bits per heavy atom. The standard InChI is InChI=1S/C19H22N4O2/c1-14-7-8-17(20-13-14)22-19(25)23-11-9-15(10-12-23)18(24)21-16-5-3-2-4-6-16/h2-8,13,15H,9-12H2,1H3,(H,21,24)(H,20,22,25). The zero-order valence-corrected chi connectivity index (χ0v) is 14.2. The van der Waals surface area contributed by atoms with Gasteiger partial charge in [-0.2, -0.15) is 0 Å². The summed E-state index contributed by atoms with van der Waals surface area (Å²) in [7, 11) is 0. The maximum atomic E-state index is 12.3. The molecule has 2 N–H and O–H groups in total. The number of nitrogens with zero attached hydrogens (tertiary/aromatic N) is 2. The fraction of sp³-hybridized carbons (Fsp3) is 0.316. The average molecular weight is 338 g/mol. The summed E-state index contributed by atoms with van der Waals surface area (Å²) in [6, 6.07) is 13.0. The van der Waals surface area contributed by atoms with Crippen molar-refractivity contribution >= 4 is 23.4 Å². The highest BCUT2D eigenvalue weighted by atomic mass is 16.2. The predicted octanol–water partition coefficient (Wildman–Crippen LogP) is 3.27. The van der Waals surface area contributed by atoms with Crippen molar-refractivity contribution in [3.8, 4) is 0 Å². The van der Waals surface area contributed by atoms with E-state index < -0.39 is 0 Å². The van der Waals surface area contributed by atoms with E-state index in [4.69, 9.17) is 0 Å². The van der Waals surface area contributed by atoms with E-state index in [2.05, 4.69) is 15.6 Å². The molecule has 3 amide bonds. The number of benzene rings is 1. The number of carbonyl (C=O) groups excluding carboxylic acids is 2. The zero-order valence-electron chi connectivity index (χ0n) is 14.2. The molecule has 6 heteroatoms. The minimum atomic E-state index is -0.168. The van der Waals surface area contributed by atoms with Crippen molar-refractivity contribution < 1.29 is 9.59 Å². The maximum absolute atomic E-state index is 12.3. The van der Waals surface area contributed by atoms with Gasteiger partial charge in [-0.05, 0) is 43.5 Å². The van der Waals surface area contributed by atoms with Crippen LogP contribution in [0.1, 0.15) is 18.4 Å². The second-order valence-corrected chi connectivity index (χ2v) is 6.27. The van der Waals surface area contributed by atoms with Crippen LogP contribution >= 0.6 is 0 Å². The van der Waals surface area contributed by atoms with Gasteiger partial charge in [-0.3, -0.25) is 10.1 Å². The van der Waals surface area contributed by atoms with Gasteiger partial charge in [0.1, 0.15) is 5.82 Å². The third-order valence-corrected chi connectivity index (χ3v) is 4.34. The molecule has 1 aliphatic heterocycles. The number of amides is 3. The molecule has 3 rings (SSSR count). The van der Waals surface area contributed by atoms with Gasteiger partial charge in [0.2, 0.25) is 5.91 Å². The Labute approximate surface area is 147 Å². The SMILES string of the molecule is Cc1ccc(NC(=O)N2CCC(C(=O)Nc3ccccc3)CC2)nc1. The summed E-state index contributed by atoms with van der Waals surface area (Å²) in [5.74, 6) is 0.493. The molecule has 130 valence electrons. The Balaban J connectivity index is 1.48. The molecular weight excluding hydrogens is 316 g/mol. The van der Waals surface area contributed by atoms with Gasteiger partial charge < -0.3 is 10.2 Å². The fourth-order valence-corrected chi connectivity index (χ4v) is 2.84. The zero-order chi connectivity index (χ0) is 17.6. The molecule has 6 nitrogen and oxygen atoms in total. The van der Waals surface area contributed by atoms with E-state index in [-0.39, 0.29) is 17.9 Å². The molecule has 1 aliphatic rings. The predicted molar refractivity (Wildman–Crippen MR) is 97.4 cm³/mol. The lowest BCUT2D eigenvalue weighted by molar-refractivity contribution is -0.121. The number of pyridine rings is 1. The van der Waals surface area contributed by atoms with Gasteiger partial charge in [-0.1, -0.05) is 24.3 Å². The van der Waals surface area contributed by atoms with E-state index >= 15 is 0 Å². The minimum Gasteiger partial charge on any atom is -0.326 e. The molecule has 25 heavy (non-hydrogen) atoms. The van der Waals surface area contributed by atoms with Crippen LogP contribution in [0.5, 0.6) is 0 Å². The molecule has 0 aliphatic carbocycles. The Kier molecular flexibility index (Phi) is 5.28. The molecule has 0 unspecified atom stereocenters. The van der Waals surface area contributed by atoms with Crippen LogP contribution in [0.4, 0.5) is 16.3 Å². The third kappa shape index (κ3) is 4.56. The number of hydrogen-bond donors (Lipinski definition) is 2. The van der Waals surface area contributed by atoms with Crippen molar-refractivity contribution in [2.45, 2.75) is 19.8 Å². The number of urea groups is 1. The van der Waals surface area contributed by atoms with E-state index in [1.54, 1.807) is 17.2 Å². The van der Waals surface area contributed by atoms with E-state index in [1.165, 1.54) is 0 Å². The van der Waals surface area contributed by atoms with E-state index in [9.17, 15) is 9.59 Å². The van der Waals surface area contributed by atoms with Crippen LogP contribution in [0, 0.1) is 12.8 Å². The second-order valence-electron chi connectivity index (χ2n) is 6.27. The van der Waals surface area contributed by atoms with Gasteiger partial charge in [-0.25, -0.2) is 9.78 Å². The normalized spacial score (nSPS) is 14.8. The number of para-hydroxylation sites is 1. The maximum Gasteiger partial charge on any atom is 0.323 e. The van der Waals surface area contributed by atoms with Gasteiger partial charge in [-0.15, -0.1) is 0 Å². The Morgan fingerprint density at radius 2 is 1.76 bits per heavy atom. The van der Waals surface area contributed by atoms with Crippen molar-refractivity contribution in [1.29, 1.82) is 0 Å². The highest BCUT2D eigenvalue weighted by molar-refractivity contribution is 5.93. The lowest BCUT2D eigenvalue weighted by atomic mass is 9.96. The molecule has 0 saturated carbocycles. The van der Waals surface area contributed by atoms with Gasteiger partial charge in [0.05, 0.1) is 0 Å². The van der Waals surface area contributed by atoms with Crippen LogP contribution in [-0.2, 0) is 4.79 Å². The highest BCUT2D eigenvalue weighted by Crippen LogP contribution is 2.20. The van der Waals surface area contributed by atoms with E-state index in [0.717, 1.165) is 11.3 Å². The van der Waals surface area contributed by atoms with Gasteiger partial charge >= 0.3 is 6.03 Å². The Morgan fingerprint density at radius 3 is 2.40 bits per heavy atom. The molecule has 0 spiro atoms. The first-order chi connectivity index (χ1) is 12.1. The number of anilines is 2. The summed E-state index contributed by atoms with van der Waals surface area (Å²) in [6.07, 6.45) is 3.04. The molecule has 1 fully saturated rings. The average Bonchev–Trinajstić information content (AvgIpc) is 2.64. The van der Waals surface area contributed by atoms with Crippen LogP contribution in [-0.4, -0.2) is 34.9 Å². The van der Waals surface area contributed by atoms with Crippen LogP contribution in [0.25, 0.3) is 0 Å². The van der Waals surface area contributed by atoms with E-state index in [1.807, 2.05) is 43.3 Å². The lowest BCUT2D eigenvalue weighted by Gasteiger charge is -2.31. The summed E-state index contributed by atoms with van der Waals surface area (Å²) in [5.41, 5.74) is 1.85. The number of aryl methyl sites for hydroxylation is 1. The minimum absolute atomic E-state index is 0.0199. The Hall–Kier alpha value is -2.89. The number of aromatic nitrogens is 1. The van der Waals surface area contributed by atoms with Crippen LogP contribution in [0.3, 0.4) is 0 Å². The molecule has 1 aromatic heterocycles. The number of likely N-dealkylation sites (tertiary alicyclic amines) is 1. The van der Waals surface area contributed by atoms with Crippen LogP contribution in [0.2, 0.25) is 0 Å². The molecule has 1 saturated heterocycles. The summed E-state index contributed by atoms with van der Waals surface area (Å²) >= 11 is 0. The Bertz CT molecular complexity index is 723. The molecule has 0 radical (unpaired) electrons. The summed E-state index contributed by atoms with van der Waals surface area (Å²) in [6.45, 7) is 3.07. The van der Waals surface area contributed by atoms with Gasteiger partial charge in [0.15, 0.2) is 0 Å². The quantitative estimate of drug-likeness (QED) is 0.902. The van der Waals surface area contributed by atoms with Crippen LogP contribution < -0.4 is 10.6 Å². The fourth-order valence-electron chi connectivity index (χ4n) is 2.84. The first kappa shape index (κ1) is 17.0. The monoisotopic (exact) mass is 338 g/mol. The van der Waals surface area contributed by atoms with Crippen LogP contribution in [0.15, 0.2) is 48.7 Å². The summed E-state index contributed by atoms with van der Waals surface area (Å²) in [4.78, 5) is 30.5. The van der Waals surface area contributed by atoms with Crippen molar-refractivity contribution in [3.05, 3.63) is 54.2 Å². The van der Waals surface area contributed by atoms with Gasteiger partial charge in [0.25, 0.3) is 0 Å². The molecule has 2 aromatic rings. The molecule has 2 heterocycles. The summed E-state index contributed by atoms with van der Waals surface area (Å²) in [5, 5.41) is 5.73. The summed E-state index contributed by atoms with van der Waals surface area (Å²) < 4.78 is 0. The van der Waals surface area contributed by atoms with Crippen molar-refractivity contribution in [2.24, 2.45) is 5.92 Å². The first-order valence-electron chi connectivity index (χ1n) is 8.46. The van der Waals surface area contributed by atoms with Gasteiger partial charge in [0, 0.05) is 30.9 Å². The topological polar surface area (TPSA) is 74.3 Å². The molecule has 1 aromatic carbocycles. The molecular formula is C19H22N4O2. The van der Waals surface area contributed by atoms with Crippen molar-refractivity contribution in [2.75, 3.05) is 23.7 Å². The number of piperidine rings is 1. The smallest absolute Gasteiger partial charge is 0.323 e. The lowest BCUT2D eigenvalue weighted by Crippen LogP contribution is -2.43. The van der Waals surface area contributed by atoms with Crippen molar-refractivity contribution in [3.63, 3.8) is 0 Å². The largest absolute Gasteiger partial charge is 0.326 e. The molecule has 0 bridgehead atoms. The number of rotatable bonds is 3. The van der Waals surface area contributed by atoms with E-state index in [0.29, 0.717) is 31.7 Å². The number of nitrogens with one attached hydrogen (secondary N) is 2. The highest BCUT2D eigenvalue weighted by Gasteiger charge is 2.27. The first-order valence-corrected chi connectivity index (χ1v) is 8.46. The number of hydrogen-bond acceptors (Lipinski definition) is 3. The van der Waals surface area contributed by atoms with Crippen molar-refractivity contribution in [1.82, 2.24) is 9.88 Å². The third-order valence-electron chi connectivity index (χ3n) is 4.34. The molecule has 0 atom stereocenters. The second kappa shape index (κ2) is 7.79.